The first-order valence-corrected chi connectivity index (χ1v) is 6.17. The monoisotopic (exact) mass is 270 g/mol. The smallest absolute Gasteiger partial charge is 0.166 e. The quantitative estimate of drug-likeness (QED) is 0.850. The van der Waals surface area contributed by atoms with Crippen molar-refractivity contribution < 1.29 is 14.2 Å². The summed E-state index contributed by atoms with van der Waals surface area (Å²) in [5.74, 6) is 5.23. The molecule has 0 aromatic heterocycles. The van der Waals surface area contributed by atoms with Gasteiger partial charge in [0.05, 0.1) is 7.11 Å². The van der Waals surface area contributed by atoms with Gasteiger partial charge in [0.15, 0.2) is 11.6 Å². The fourth-order valence-electron chi connectivity index (χ4n) is 1.77. The molecule has 3 heteroatoms. The zero-order valence-corrected chi connectivity index (χ0v) is 11.4. The Morgan fingerprint density at radius 2 is 1.85 bits per heavy atom. The maximum absolute atomic E-state index is 13.5. The number of ether oxygens (including phenoxy) is 1. The molecule has 1 N–H and O–H groups in total. The molecule has 0 amide bonds. The summed E-state index contributed by atoms with van der Waals surface area (Å²) in [6.07, 6.45) is 0. The molecule has 0 heterocycles. The fraction of sp³-hybridized carbons (Fsp3) is 0.176. The highest BCUT2D eigenvalue weighted by Gasteiger charge is 2.19. The molecule has 0 spiro atoms. The average molecular weight is 270 g/mol. The zero-order valence-electron chi connectivity index (χ0n) is 11.4. The van der Waals surface area contributed by atoms with E-state index >= 15 is 0 Å². The van der Waals surface area contributed by atoms with E-state index < -0.39 is 11.4 Å². The van der Waals surface area contributed by atoms with Crippen LogP contribution in [0.2, 0.25) is 0 Å². The highest BCUT2D eigenvalue weighted by molar-refractivity contribution is 5.42. The second kappa shape index (κ2) is 5.77. The van der Waals surface area contributed by atoms with Crippen LogP contribution < -0.4 is 4.74 Å². The summed E-state index contributed by atoms with van der Waals surface area (Å²) in [4.78, 5) is 0. The van der Waals surface area contributed by atoms with E-state index in [2.05, 4.69) is 11.8 Å². The highest BCUT2D eigenvalue weighted by Crippen LogP contribution is 2.20. The summed E-state index contributed by atoms with van der Waals surface area (Å²) < 4.78 is 18.4. The number of rotatable bonds is 2. The first-order chi connectivity index (χ1) is 9.53. The van der Waals surface area contributed by atoms with Gasteiger partial charge in [0.25, 0.3) is 0 Å². The summed E-state index contributed by atoms with van der Waals surface area (Å²) in [7, 11) is 1.41. The summed E-state index contributed by atoms with van der Waals surface area (Å²) in [5.41, 5.74) is -0.0986. The maximum atomic E-state index is 13.5. The molecule has 0 saturated carbocycles. The van der Waals surface area contributed by atoms with Gasteiger partial charge in [-0.2, -0.15) is 0 Å². The van der Waals surface area contributed by atoms with Crippen LogP contribution in [0.3, 0.4) is 0 Å². The number of hydrogen-bond acceptors (Lipinski definition) is 2. The summed E-state index contributed by atoms with van der Waals surface area (Å²) in [6.45, 7) is 1.61. The Hall–Kier alpha value is -2.31. The lowest BCUT2D eigenvalue weighted by atomic mass is 9.96. The van der Waals surface area contributed by atoms with Gasteiger partial charge in [0, 0.05) is 5.56 Å². The van der Waals surface area contributed by atoms with Gasteiger partial charge >= 0.3 is 0 Å². The number of hydrogen-bond donors (Lipinski definition) is 1. The zero-order chi connectivity index (χ0) is 14.6. The minimum atomic E-state index is -1.28. The molecule has 2 nitrogen and oxygen atoms in total. The van der Waals surface area contributed by atoms with Gasteiger partial charge in [-0.25, -0.2) is 4.39 Å². The van der Waals surface area contributed by atoms with Crippen LogP contribution in [0.15, 0.2) is 48.5 Å². The second-order valence-corrected chi connectivity index (χ2v) is 4.54. The third kappa shape index (κ3) is 3.17. The van der Waals surface area contributed by atoms with Crippen molar-refractivity contribution in [3.63, 3.8) is 0 Å². The number of methoxy groups -OCH3 is 1. The second-order valence-electron chi connectivity index (χ2n) is 4.54. The van der Waals surface area contributed by atoms with Gasteiger partial charge < -0.3 is 9.84 Å². The number of aliphatic hydroxyl groups is 1. The molecule has 2 aromatic carbocycles. The molecule has 102 valence electrons. The number of halogens is 1. The number of benzene rings is 2. The Morgan fingerprint density at radius 1 is 1.15 bits per heavy atom. The van der Waals surface area contributed by atoms with Crippen LogP contribution in [0.5, 0.6) is 5.75 Å². The van der Waals surface area contributed by atoms with Crippen molar-refractivity contribution in [1.82, 2.24) is 0 Å². The van der Waals surface area contributed by atoms with Gasteiger partial charge in [0.2, 0.25) is 0 Å². The molecule has 1 unspecified atom stereocenters. The average Bonchev–Trinajstić information content (AvgIpc) is 2.46. The lowest BCUT2D eigenvalue weighted by Crippen LogP contribution is -2.18. The van der Waals surface area contributed by atoms with E-state index in [0.29, 0.717) is 11.1 Å². The van der Waals surface area contributed by atoms with E-state index in [9.17, 15) is 9.50 Å². The van der Waals surface area contributed by atoms with Crippen molar-refractivity contribution in [1.29, 1.82) is 0 Å². The molecular weight excluding hydrogens is 255 g/mol. The molecular formula is C17H15FO2. The van der Waals surface area contributed by atoms with E-state index in [1.807, 2.05) is 18.2 Å². The highest BCUT2D eigenvalue weighted by atomic mass is 19.1. The molecule has 0 aliphatic carbocycles. The van der Waals surface area contributed by atoms with E-state index in [0.717, 1.165) is 0 Å². The van der Waals surface area contributed by atoms with Crippen LogP contribution in [0, 0.1) is 17.7 Å². The fourth-order valence-corrected chi connectivity index (χ4v) is 1.77. The first kappa shape index (κ1) is 14.1. The third-order valence-corrected chi connectivity index (χ3v) is 2.94. The molecule has 0 bridgehead atoms. The van der Waals surface area contributed by atoms with Crippen molar-refractivity contribution in [2.45, 2.75) is 12.5 Å². The SMILES string of the molecule is COc1ccc(C#CC(C)(O)c2ccccc2)cc1F. The molecule has 1 atom stereocenters. The molecule has 0 radical (unpaired) electrons. The predicted molar refractivity (Wildman–Crippen MR) is 75.8 cm³/mol. The minimum Gasteiger partial charge on any atom is -0.494 e. The van der Waals surface area contributed by atoms with Crippen molar-refractivity contribution in [3.8, 4) is 17.6 Å². The summed E-state index contributed by atoms with van der Waals surface area (Å²) in [5, 5.41) is 10.3. The van der Waals surface area contributed by atoms with Crippen LogP contribution in [0.25, 0.3) is 0 Å². The molecule has 0 fully saturated rings. The lowest BCUT2D eigenvalue weighted by Gasteiger charge is -2.16. The summed E-state index contributed by atoms with van der Waals surface area (Å²) in [6, 6.07) is 13.6. The van der Waals surface area contributed by atoms with Gasteiger partial charge in [-0.3, -0.25) is 0 Å². The topological polar surface area (TPSA) is 29.5 Å². The van der Waals surface area contributed by atoms with Gasteiger partial charge in [-0.05, 0) is 30.7 Å². The van der Waals surface area contributed by atoms with Crippen LogP contribution in [-0.2, 0) is 5.60 Å². The maximum Gasteiger partial charge on any atom is 0.166 e. The Bertz CT molecular complexity index is 652. The molecule has 2 rings (SSSR count). The molecule has 2 aromatic rings. The Kier molecular flexibility index (Phi) is 4.07. The third-order valence-electron chi connectivity index (χ3n) is 2.94. The van der Waals surface area contributed by atoms with Crippen LogP contribution in [-0.4, -0.2) is 12.2 Å². The van der Waals surface area contributed by atoms with E-state index in [1.165, 1.54) is 19.2 Å². The van der Waals surface area contributed by atoms with Gasteiger partial charge in [-0.15, -0.1) is 0 Å². The molecule has 0 saturated heterocycles. The minimum absolute atomic E-state index is 0.172. The Morgan fingerprint density at radius 3 is 2.45 bits per heavy atom. The van der Waals surface area contributed by atoms with E-state index in [1.54, 1.807) is 25.1 Å². The Balaban J connectivity index is 2.28. The van der Waals surface area contributed by atoms with Crippen molar-refractivity contribution >= 4 is 0 Å². The normalized spacial score (nSPS) is 13.0. The predicted octanol–water partition coefficient (Wildman–Crippen LogP) is 3.09. The van der Waals surface area contributed by atoms with Crippen molar-refractivity contribution in [2.75, 3.05) is 7.11 Å². The van der Waals surface area contributed by atoms with Crippen LogP contribution >= 0.6 is 0 Å². The Labute approximate surface area is 117 Å². The summed E-state index contributed by atoms with van der Waals surface area (Å²) >= 11 is 0. The van der Waals surface area contributed by atoms with Crippen LogP contribution in [0.4, 0.5) is 4.39 Å². The molecule has 20 heavy (non-hydrogen) atoms. The van der Waals surface area contributed by atoms with E-state index in [4.69, 9.17) is 4.74 Å². The molecule has 0 aliphatic rings. The first-order valence-electron chi connectivity index (χ1n) is 6.17. The van der Waals surface area contributed by atoms with Crippen molar-refractivity contribution in [2.24, 2.45) is 0 Å². The van der Waals surface area contributed by atoms with Crippen molar-refractivity contribution in [3.05, 3.63) is 65.5 Å². The lowest BCUT2D eigenvalue weighted by molar-refractivity contribution is 0.122. The van der Waals surface area contributed by atoms with E-state index in [-0.39, 0.29) is 5.75 Å². The van der Waals surface area contributed by atoms with Gasteiger partial charge in [-0.1, -0.05) is 42.2 Å². The van der Waals surface area contributed by atoms with Gasteiger partial charge in [0.1, 0.15) is 5.60 Å². The van der Waals surface area contributed by atoms with Crippen LogP contribution in [0.1, 0.15) is 18.1 Å². The largest absolute Gasteiger partial charge is 0.494 e. The standard InChI is InChI=1S/C17H15FO2/c1-17(19,14-6-4-3-5-7-14)11-10-13-8-9-16(20-2)15(18)12-13/h3-9,12,19H,1-2H3. The molecule has 0 aliphatic heterocycles.